The third-order valence-corrected chi connectivity index (χ3v) is 3.87. The standard InChI is InChI=1S/C17H21N3/c1-2-18-16-10-12-20(13-14-7-5-6-11-19-14)17-9-4-3-8-15(16)17/h3-9,11,16,18H,2,10,12-13H2,1H3. The summed E-state index contributed by atoms with van der Waals surface area (Å²) in [5.74, 6) is 0. The van der Waals surface area contributed by atoms with Crippen molar-refractivity contribution < 1.29 is 0 Å². The van der Waals surface area contributed by atoms with Gasteiger partial charge in [-0.3, -0.25) is 4.98 Å². The molecular formula is C17H21N3. The van der Waals surface area contributed by atoms with Crippen molar-refractivity contribution in [3.05, 3.63) is 59.9 Å². The van der Waals surface area contributed by atoms with Crippen LogP contribution in [0.5, 0.6) is 0 Å². The van der Waals surface area contributed by atoms with Crippen molar-refractivity contribution in [2.45, 2.75) is 25.9 Å². The molecule has 0 saturated heterocycles. The zero-order valence-electron chi connectivity index (χ0n) is 11.9. The van der Waals surface area contributed by atoms with Gasteiger partial charge in [-0.2, -0.15) is 0 Å². The van der Waals surface area contributed by atoms with E-state index in [2.05, 4.69) is 58.5 Å². The van der Waals surface area contributed by atoms with E-state index in [0.29, 0.717) is 6.04 Å². The second-order valence-electron chi connectivity index (χ2n) is 5.20. The van der Waals surface area contributed by atoms with Crippen LogP contribution in [-0.2, 0) is 6.54 Å². The number of para-hydroxylation sites is 1. The molecule has 0 saturated carbocycles. The molecule has 104 valence electrons. The van der Waals surface area contributed by atoms with Crippen LogP contribution in [0.2, 0.25) is 0 Å². The Hall–Kier alpha value is -1.87. The lowest BCUT2D eigenvalue weighted by Crippen LogP contribution is -2.35. The van der Waals surface area contributed by atoms with E-state index < -0.39 is 0 Å². The molecule has 3 heteroatoms. The summed E-state index contributed by atoms with van der Waals surface area (Å²) in [6.45, 7) is 5.14. The van der Waals surface area contributed by atoms with Gasteiger partial charge >= 0.3 is 0 Å². The van der Waals surface area contributed by atoms with Gasteiger partial charge in [-0.1, -0.05) is 31.2 Å². The van der Waals surface area contributed by atoms with Crippen molar-refractivity contribution >= 4 is 5.69 Å². The van der Waals surface area contributed by atoms with E-state index in [1.54, 1.807) is 0 Å². The maximum absolute atomic E-state index is 4.44. The monoisotopic (exact) mass is 267 g/mol. The molecule has 1 aromatic heterocycles. The molecule has 20 heavy (non-hydrogen) atoms. The quantitative estimate of drug-likeness (QED) is 0.922. The highest BCUT2D eigenvalue weighted by atomic mass is 15.2. The average molecular weight is 267 g/mol. The number of aromatic nitrogens is 1. The van der Waals surface area contributed by atoms with E-state index in [1.807, 2.05) is 12.3 Å². The normalized spacial score (nSPS) is 17.9. The van der Waals surface area contributed by atoms with E-state index in [1.165, 1.54) is 11.3 Å². The molecule has 2 aromatic rings. The molecule has 1 aliphatic rings. The molecule has 1 aromatic carbocycles. The number of hydrogen-bond acceptors (Lipinski definition) is 3. The first-order chi connectivity index (χ1) is 9.88. The molecule has 1 N–H and O–H groups in total. The van der Waals surface area contributed by atoms with Gasteiger partial charge in [0.15, 0.2) is 0 Å². The molecule has 0 aliphatic carbocycles. The van der Waals surface area contributed by atoms with Crippen molar-refractivity contribution in [3.63, 3.8) is 0 Å². The topological polar surface area (TPSA) is 28.2 Å². The van der Waals surface area contributed by atoms with Crippen LogP contribution in [0.15, 0.2) is 48.7 Å². The molecule has 3 rings (SSSR count). The summed E-state index contributed by atoms with van der Waals surface area (Å²) in [5.41, 5.74) is 3.89. The third-order valence-electron chi connectivity index (χ3n) is 3.87. The Morgan fingerprint density at radius 1 is 1.20 bits per heavy atom. The van der Waals surface area contributed by atoms with Crippen LogP contribution in [0.25, 0.3) is 0 Å². The van der Waals surface area contributed by atoms with E-state index in [4.69, 9.17) is 0 Å². The third kappa shape index (κ3) is 2.68. The Labute approximate surface area is 120 Å². The van der Waals surface area contributed by atoms with Crippen molar-refractivity contribution in [1.29, 1.82) is 0 Å². The minimum atomic E-state index is 0.483. The highest BCUT2D eigenvalue weighted by Crippen LogP contribution is 2.34. The van der Waals surface area contributed by atoms with Gasteiger partial charge in [0.25, 0.3) is 0 Å². The van der Waals surface area contributed by atoms with Crippen LogP contribution in [0.3, 0.4) is 0 Å². The predicted octanol–water partition coefficient (Wildman–Crippen LogP) is 3.14. The molecule has 1 aliphatic heterocycles. The smallest absolute Gasteiger partial charge is 0.0602 e. The summed E-state index contributed by atoms with van der Waals surface area (Å²) >= 11 is 0. The Kier molecular flexibility index (Phi) is 3.97. The van der Waals surface area contributed by atoms with Gasteiger partial charge in [-0.15, -0.1) is 0 Å². The zero-order chi connectivity index (χ0) is 13.8. The lowest BCUT2D eigenvalue weighted by molar-refractivity contribution is 0.488. The maximum Gasteiger partial charge on any atom is 0.0602 e. The summed E-state index contributed by atoms with van der Waals surface area (Å²) < 4.78 is 0. The van der Waals surface area contributed by atoms with E-state index >= 15 is 0 Å². The van der Waals surface area contributed by atoms with Gasteiger partial charge in [-0.25, -0.2) is 0 Å². The molecule has 1 unspecified atom stereocenters. The highest BCUT2D eigenvalue weighted by molar-refractivity contribution is 5.57. The number of anilines is 1. The van der Waals surface area contributed by atoms with Crippen LogP contribution >= 0.6 is 0 Å². The van der Waals surface area contributed by atoms with Crippen LogP contribution in [-0.4, -0.2) is 18.1 Å². The van der Waals surface area contributed by atoms with Crippen LogP contribution in [0.1, 0.15) is 30.6 Å². The predicted molar refractivity (Wildman–Crippen MR) is 82.8 cm³/mol. The minimum absolute atomic E-state index is 0.483. The first kappa shape index (κ1) is 13.1. The second-order valence-corrected chi connectivity index (χ2v) is 5.20. The highest BCUT2D eigenvalue weighted by Gasteiger charge is 2.24. The number of nitrogens with zero attached hydrogens (tertiary/aromatic N) is 2. The van der Waals surface area contributed by atoms with Crippen LogP contribution in [0.4, 0.5) is 5.69 Å². The summed E-state index contributed by atoms with van der Waals surface area (Å²) in [7, 11) is 0. The van der Waals surface area contributed by atoms with Gasteiger partial charge in [0.1, 0.15) is 0 Å². The Balaban J connectivity index is 1.85. The number of rotatable bonds is 4. The molecular weight excluding hydrogens is 246 g/mol. The first-order valence-electron chi connectivity index (χ1n) is 7.35. The molecule has 0 spiro atoms. The Morgan fingerprint density at radius 2 is 2.05 bits per heavy atom. The van der Waals surface area contributed by atoms with Gasteiger partial charge in [-0.05, 0) is 36.7 Å². The average Bonchev–Trinajstić information content (AvgIpc) is 2.51. The van der Waals surface area contributed by atoms with Crippen LogP contribution < -0.4 is 10.2 Å². The van der Waals surface area contributed by atoms with Crippen molar-refractivity contribution in [2.75, 3.05) is 18.0 Å². The van der Waals surface area contributed by atoms with E-state index in [-0.39, 0.29) is 0 Å². The molecule has 0 fully saturated rings. The van der Waals surface area contributed by atoms with E-state index in [0.717, 1.165) is 31.7 Å². The SMILES string of the molecule is CCNC1CCN(Cc2ccccn2)c2ccccc21. The Bertz CT molecular complexity index is 553. The molecule has 0 radical (unpaired) electrons. The lowest BCUT2D eigenvalue weighted by Gasteiger charge is -2.36. The van der Waals surface area contributed by atoms with Gasteiger partial charge in [0, 0.05) is 24.5 Å². The molecule has 2 heterocycles. The summed E-state index contributed by atoms with van der Waals surface area (Å²) in [6.07, 6.45) is 3.02. The molecule has 0 amide bonds. The fourth-order valence-corrected chi connectivity index (χ4v) is 2.94. The summed E-state index contributed by atoms with van der Waals surface area (Å²) in [6, 6.07) is 15.3. The fraction of sp³-hybridized carbons (Fsp3) is 0.353. The number of nitrogens with one attached hydrogen (secondary N) is 1. The Morgan fingerprint density at radius 3 is 2.85 bits per heavy atom. The van der Waals surface area contributed by atoms with Gasteiger partial charge in [0.05, 0.1) is 12.2 Å². The summed E-state index contributed by atoms with van der Waals surface area (Å²) in [5, 5.41) is 3.58. The van der Waals surface area contributed by atoms with Crippen molar-refractivity contribution in [3.8, 4) is 0 Å². The van der Waals surface area contributed by atoms with Crippen molar-refractivity contribution in [2.24, 2.45) is 0 Å². The van der Waals surface area contributed by atoms with E-state index in [9.17, 15) is 0 Å². The van der Waals surface area contributed by atoms with Gasteiger partial charge < -0.3 is 10.2 Å². The number of benzene rings is 1. The number of hydrogen-bond donors (Lipinski definition) is 1. The largest absolute Gasteiger partial charge is 0.365 e. The second kappa shape index (κ2) is 6.06. The fourth-order valence-electron chi connectivity index (χ4n) is 2.94. The minimum Gasteiger partial charge on any atom is -0.365 e. The number of pyridine rings is 1. The maximum atomic E-state index is 4.44. The molecule has 1 atom stereocenters. The zero-order valence-corrected chi connectivity index (χ0v) is 11.9. The van der Waals surface area contributed by atoms with Crippen LogP contribution in [0, 0.1) is 0 Å². The molecule has 3 nitrogen and oxygen atoms in total. The first-order valence-corrected chi connectivity index (χ1v) is 7.35. The lowest BCUT2D eigenvalue weighted by atomic mass is 9.96. The van der Waals surface area contributed by atoms with Crippen molar-refractivity contribution in [1.82, 2.24) is 10.3 Å². The summed E-state index contributed by atoms with van der Waals surface area (Å²) in [4.78, 5) is 6.88. The number of fused-ring (bicyclic) bond motifs is 1. The van der Waals surface area contributed by atoms with Gasteiger partial charge in [0.2, 0.25) is 0 Å². The molecule has 0 bridgehead atoms.